The normalized spacial score (nSPS) is 19.7. The molecule has 0 atom stereocenters. The van der Waals surface area contributed by atoms with Crippen LogP contribution in [-0.4, -0.2) is 35.8 Å². The van der Waals surface area contributed by atoms with E-state index in [4.69, 9.17) is 9.57 Å². The summed E-state index contributed by atoms with van der Waals surface area (Å²) in [7, 11) is 0. The number of esters is 1. The molecule has 1 aromatic rings. The molecule has 0 amide bonds. The minimum Gasteiger partial charge on any atom is -0.508 e. The molecule has 0 aromatic heterocycles. The van der Waals surface area contributed by atoms with Gasteiger partial charge in [0.25, 0.3) is 0 Å². The van der Waals surface area contributed by atoms with E-state index < -0.39 is 5.97 Å². The molecule has 1 N–H and O–H groups in total. The second-order valence-electron chi connectivity index (χ2n) is 5.95. The first-order chi connectivity index (χ1) is 12.6. The number of ketones is 1. The first-order valence-corrected chi connectivity index (χ1v) is 8.55. The van der Waals surface area contributed by atoms with Gasteiger partial charge in [-0.05, 0) is 56.0 Å². The maximum Gasteiger partial charge on any atom is 0.338 e. The summed E-state index contributed by atoms with van der Waals surface area (Å²) >= 11 is 0. The first-order valence-electron chi connectivity index (χ1n) is 8.55. The number of fused-ring (bicyclic) bond motifs is 1. The van der Waals surface area contributed by atoms with Crippen LogP contribution in [0.25, 0.3) is 0 Å². The van der Waals surface area contributed by atoms with Gasteiger partial charge in [0.2, 0.25) is 0 Å². The number of oxime groups is 1. The van der Waals surface area contributed by atoms with Gasteiger partial charge in [0.05, 0.1) is 17.9 Å². The third-order valence-electron chi connectivity index (χ3n) is 3.62. The molecule has 0 aliphatic carbocycles. The van der Waals surface area contributed by atoms with Crippen molar-refractivity contribution in [3.63, 3.8) is 0 Å². The number of carbonyl (C=O) groups excluding carboxylic acids is 2. The predicted molar refractivity (Wildman–Crippen MR) is 98.3 cm³/mol. The van der Waals surface area contributed by atoms with Crippen LogP contribution < -0.4 is 0 Å². The van der Waals surface area contributed by atoms with Crippen LogP contribution in [0.3, 0.4) is 0 Å². The predicted octanol–water partition coefficient (Wildman–Crippen LogP) is 3.35. The minimum atomic E-state index is -0.446. The van der Waals surface area contributed by atoms with Crippen LogP contribution in [-0.2, 0) is 20.8 Å². The molecule has 1 aliphatic heterocycles. The molecule has 1 heterocycles. The average molecular weight is 357 g/mol. The molecule has 0 saturated carbocycles. The highest BCUT2D eigenvalue weighted by atomic mass is 16.6. The molecular weight excluding hydrogens is 334 g/mol. The lowest BCUT2D eigenvalue weighted by molar-refractivity contribution is -0.121. The number of Topliss-reactive ketones (excluding diaryl/α,β-unsaturated/α-hetero) is 1. The molecule has 2 rings (SSSR count). The number of nitrogens with zero attached hydrogens (tertiary/aromatic N) is 1. The Bertz CT molecular complexity index is 734. The zero-order valence-corrected chi connectivity index (χ0v) is 14.8. The second-order valence-corrected chi connectivity index (χ2v) is 5.95. The molecule has 26 heavy (non-hydrogen) atoms. The van der Waals surface area contributed by atoms with Gasteiger partial charge in [0, 0.05) is 6.42 Å². The number of allylic oxidation sites excluding steroid dienone is 3. The van der Waals surface area contributed by atoms with Crippen LogP contribution in [0.2, 0.25) is 0 Å². The number of benzene rings is 1. The van der Waals surface area contributed by atoms with Crippen LogP contribution >= 0.6 is 0 Å². The van der Waals surface area contributed by atoms with Gasteiger partial charge in [0.15, 0.2) is 12.4 Å². The Morgan fingerprint density at radius 3 is 2.81 bits per heavy atom. The molecule has 0 radical (unpaired) electrons. The summed E-state index contributed by atoms with van der Waals surface area (Å²) < 4.78 is 5.30. The van der Waals surface area contributed by atoms with Gasteiger partial charge < -0.3 is 14.7 Å². The molecule has 6 heteroatoms. The van der Waals surface area contributed by atoms with Gasteiger partial charge >= 0.3 is 5.97 Å². The number of rotatable bonds is 3. The Balaban J connectivity index is 2.31. The van der Waals surface area contributed by atoms with E-state index in [1.54, 1.807) is 6.08 Å². The summed E-state index contributed by atoms with van der Waals surface area (Å²) in [6.07, 6.45) is 10.4. The van der Waals surface area contributed by atoms with E-state index in [1.807, 2.05) is 18.2 Å². The fourth-order valence-corrected chi connectivity index (χ4v) is 2.39. The molecule has 138 valence electrons. The van der Waals surface area contributed by atoms with Gasteiger partial charge in [-0.3, -0.25) is 4.79 Å². The zero-order valence-electron chi connectivity index (χ0n) is 14.8. The third kappa shape index (κ3) is 6.55. The smallest absolute Gasteiger partial charge is 0.338 e. The average Bonchev–Trinajstić information content (AvgIpc) is 2.59. The van der Waals surface area contributed by atoms with Crippen molar-refractivity contribution in [2.24, 2.45) is 5.16 Å². The van der Waals surface area contributed by atoms with E-state index >= 15 is 0 Å². The molecule has 0 fully saturated rings. The van der Waals surface area contributed by atoms with Crippen molar-refractivity contribution in [2.45, 2.75) is 32.6 Å². The minimum absolute atomic E-state index is 0.0496. The summed E-state index contributed by atoms with van der Waals surface area (Å²) in [6, 6.07) is 4.49. The Labute approximate surface area is 152 Å². The largest absolute Gasteiger partial charge is 0.508 e. The fraction of sp³-hybridized carbons (Fsp3) is 0.350. The van der Waals surface area contributed by atoms with Crippen LogP contribution in [0.1, 0.15) is 42.1 Å². The van der Waals surface area contributed by atoms with Crippen molar-refractivity contribution in [3.8, 4) is 5.75 Å². The standard InChI is InChI=1S/C20H23NO5/c1-15(22)14-26-21-17-8-6-4-2-3-5-7-11-25-20(24)19-10-9-18(23)13-16(19)12-17/h3,5-6,8-10,13,23H,2,4,7,11-12,14H2,1H3/b5-3+,8-6+,21-17+. The van der Waals surface area contributed by atoms with Gasteiger partial charge in [-0.15, -0.1) is 0 Å². The first kappa shape index (κ1) is 19.4. The number of hydrogen-bond acceptors (Lipinski definition) is 6. The van der Waals surface area contributed by atoms with Crippen LogP contribution in [0, 0.1) is 0 Å². The number of ether oxygens (including phenoxy) is 1. The van der Waals surface area contributed by atoms with Crippen LogP contribution in [0.15, 0.2) is 47.7 Å². The number of phenols is 1. The quantitative estimate of drug-likeness (QED) is 0.509. The van der Waals surface area contributed by atoms with E-state index in [-0.39, 0.29) is 24.6 Å². The van der Waals surface area contributed by atoms with Crippen LogP contribution in [0.4, 0.5) is 0 Å². The molecule has 1 aromatic carbocycles. The van der Waals surface area contributed by atoms with E-state index in [2.05, 4.69) is 5.16 Å². The van der Waals surface area contributed by atoms with Gasteiger partial charge in [0.1, 0.15) is 5.75 Å². The van der Waals surface area contributed by atoms with E-state index in [1.165, 1.54) is 25.1 Å². The van der Waals surface area contributed by atoms with Gasteiger partial charge in [-0.1, -0.05) is 23.4 Å². The van der Waals surface area contributed by atoms with Crippen molar-refractivity contribution in [1.82, 2.24) is 0 Å². The summed E-state index contributed by atoms with van der Waals surface area (Å²) in [6.45, 7) is 1.60. The van der Waals surface area contributed by atoms with E-state index in [9.17, 15) is 14.7 Å². The van der Waals surface area contributed by atoms with Crippen molar-refractivity contribution in [2.75, 3.05) is 13.2 Å². The maximum atomic E-state index is 12.3. The number of cyclic esters (lactones) is 1. The number of phenolic OH excluding ortho intramolecular Hbond substituents is 1. The van der Waals surface area contributed by atoms with Crippen molar-refractivity contribution in [3.05, 3.63) is 53.6 Å². The molecule has 0 saturated heterocycles. The molecule has 0 unspecified atom stereocenters. The Morgan fingerprint density at radius 2 is 2.00 bits per heavy atom. The van der Waals surface area contributed by atoms with Crippen LogP contribution in [0.5, 0.6) is 5.75 Å². The SMILES string of the molecule is CC(=O)CO/N=C1\C=C\CC/C=C/CCOC(=O)c2ccc(O)cc2C1. The van der Waals surface area contributed by atoms with E-state index in [0.29, 0.717) is 29.9 Å². The Morgan fingerprint density at radius 1 is 1.23 bits per heavy atom. The molecule has 0 spiro atoms. The maximum absolute atomic E-state index is 12.3. The highest BCUT2D eigenvalue weighted by Crippen LogP contribution is 2.19. The summed E-state index contributed by atoms with van der Waals surface area (Å²) in [4.78, 5) is 28.4. The van der Waals surface area contributed by atoms with Crippen molar-refractivity contribution < 1.29 is 24.3 Å². The Hall–Kier alpha value is -2.89. The molecule has 1 aliphatic rings. The van der Waals surface area contributed by atoms with Crippen molar-refractivity contribution in [1.29, 1.82) is 0 Å². The highest BCUT2D eigenvalue weighted by molar-refractivity contribution is 5.99. The van der Waals surface area contributed by atoms with Gasteiger partial charge in [-0.2, -0.15) is 0 Å². The third-order valence-corrected chi connectivity index (χ3v) is 3.62. The highest BCUT2D eigenvalue weighted by Gasteiger charge is 2.15. The monoisotopic (exact) mass is 357 g/mol. The summed E-state index contributed by atoms with van der Waals surface area (Å²) in [5.74, 6) is -0.530. The van der Waals surface area contributed by atoms with Crippen molar-refractivity contribution >= 4 is 17.5 Å². The molecule has 6 nitrogen and oxygen atoms in total. The molecular formula is C20H23NO5. The number of hydrogen-bond donors (Lipinski definition) is 1. The summed E-state index contributed by atoms with van der Waals surface area (Å²) in [5, 5.41) is 13.8. The number of aromatic hydroxyl groups is 1. The lowest BCUT2D eigenvalue weighted by atomic mass is 10.0. The number of carbonyl (C=O) groups is 2. The lowest BCUT2D eigenvalue weighted by Gasteiger charge is -2.10. The zero-order chi connectivity index (χ0) is 18.8. The van der Waals surface area contributed by atoms with Gasteiger partial charge in [-0.25, -0.2) is 4.79 Å². The fourth-order valence-electron chi connectivity index (χ4n) is 2.39. The summed E-state index contributed by atoms with van der Waals surface area (Å²) in [5.41, 5.74) is 1.50. The van der Waals surface area contributed by atoms with E-state index in [0.717, 1.165) is 12.8 Å². The lowest BCUT2D eigenvalue weighted by Crippen LogP contribution is -2.12. The Kier molecular flexibility index (Phi) is 7.61. The topological polar surface area (TPSA) is 85.2 Å². The second kappa shape index (κ2) is 10.2. The molecule has 0 bridgehead atoms.